The molecule has 2 amide bonds. The van der Waals surface area contributed by atoms with Gasteiger partial charge in [0.25, 0.3) is 5.91 Å². The normalized spacial score (nSPS) is 10.5. The van der Waals surface area contributed by atoms with Crippen molar-refractivity contribution < 1.29 is 14.0 Å². The Balaban J connectivity index is 1.56. The molecule has 3 rings (SSSR count). The molecular weight excluding hydrogens is 299 g/mol. The van der Waals surface area contributed by atoms with Crippen LogP contribution in [0.25, 0.3) is 11.0 Å². The van der Waals surface area contributed by atoms with Crippen LogP contribution in [0.15, 0.2) is 48.5 Å². The molecule has 3 N–H and O–H groups in total. The summed E-state index contributed by atoms with van der Waals surface area (Å²) >= 11 is 0. The first kappa shape index (κ1) is 14.7. The van der Waals surface area contributed by atoms with Crippen molar-refractivity contribution in [2.75, 3.05) is 0 Å². The number of halogens is 1. The highest BCUT2D eigenvalue weighted by atomic mass is 19.1. The molecule has 0 fully saturated rings. The number of nitrogens with zero attached hydrogens (tertiary/aromatic N) is 1. The second kappa shape index (κ2) is 6.27. The standard InChI is InChI=1S/C16H13FN4O2/c17-11-7-5-10(6-8-11)16(23)21-20-15(22)9-14-18-12-3-1-2-4-13(12)19-14/h1-8H,9H2,(H,18,19)(H,20,22)(H,21,23). The molecule has 23 heavy (non-hydrogen) atoms. The van der Waals surface area contributed by atoms with Crippen molar-refractivity contribution in [1.29, 1.82) is 0 Å². The third-order valence-corrected chi connectivity index (χ3v) is 3.19. The number of amides is 2. The largest absolute Gasteiger partial charge is 0.342 e. The number of H-pyrrole nitrogens is 1. The lowest BCUT2D eigenvalue weighted by Gasteiger charge is -2.06. The Morgan fingerprint density at radius 2 is 1.78 bits per heavy atom. The quantitative estimate of drug-likeness (QED) is 0.643. The van der Waals surface area contributed by atoms with Crippen LogP contribution in [0.1, 0.15) is 16.2 Å². The van der Waals surface area contributed by atoms with Gasteiger partial charge in [0.2, 0.25) is 5.91 Å². The number of carbonyl (C=O) groups is 2. The monoisotopic (exact) mass is 312 g/mol. The molecule has 0 aliphatic carbocycles. The van der Waals surface area contributed by atoms with Gasteiger partial charge in [0.15, 0.2) is 0 Å². The highest BCUT2D eigenvalue weighted by Gasteiger charge is 2.10. The number of aromatic amines is 1. The Morgan fingerprint density at radius 3 is 2.52 bits per heavy atom. The molecule has 0 aliphatic heterocycles. The summed E-state index contributed by atoms with van der Waals surface area (Å²) in [5.41, 5.74) is 6.42. The molecule has 2 aromatic carbocycles. The van der Waals surface area contributed by atoms with Gasteiger partial charge in [-0.1, -0.05) is 12.1 Å². The van der Waals surface area contributed by atoms with E-state index in [0.717, 1.165) is 11.0 Å². The van der Waals surface area contributed by atoms with Crippen molar-refractivity contribution in [3.05, 3.63) is 65.7 Å². The molecule has 1 aromatic heterocycles. The Hall–Kier alpha value is -3.22. The van der Waals surface area contributed by atoms with Crippen molar-refractivity contribution in [2.45, 2.75) is 6.42 Å². The first-order valence-electron chi connectivity index (χ1n) is 6.90. The molecule has 0 atom stereocenters. The van der Waals surface area contributed by atoms with E-state index >= 15 is 0 Å². The molecule has 0 bridgehead atoms. The zero-order valence-electron chi connectivity index (χ0n) is 12.0. The van der Waals surface area contributed by atoms with Gasteiger partial charge in [-0.2, -0.15) is 0 Å². The van der Waals surface area contributed by atoms with Crippen molar-refractivity contribution in [2.24, 2.45) is 0 Å². The fraction of sp³-hybridized carbons (Fsp3) is 0.0625. The van der Waals surface area contributed by atoms with Crippen molar-refractivity contribution >= 4 is 22.8 Å². The van der Waals surface area contributed by atoms with Gasteiger partial charge in [0.1, 0.15) is 11.6 Å². The van der Waals surface area contributed by atoms with E-state index < -0.39 is 17.6 Å². The maximum absolute atomic E-state index is 12.8. The number of para-hydroxylation sites is 2. The molecule has 0 unspecified atom stereocenters. The molecule has 0 spiro atoms. The Morgan fingerprint density at radius 1 is 1.04 bits per heavy atom. The number of aromatic nitrogens is 2. The Bertz CT molecular complexity index is 825. The number of carbonyl (C=O) groups excluding carboxylic acids is 2. The summed E-state index contributed by atoms with van der Waals surface area (Å²) < 4.78 is 12.8. The van der Waals surface area contributed by atoms with E-state index in [9.17, 15) is 14.0 Å². The van der Waals surface area contributed by atoms with Crippen LogP contribution in [0.5, 0.6) is 0 Å². The number of rotatable bonds is 3. The summed E-state index contributed by atoms with van der Waals surface area (Å²) in [6, 6.07) is 12.4. The van der Waals surface area contributed by atoms with Gasteiger partial charge in [0.05, 0.1) is 17.5 Å². The smallest absolute Gasteiger partial charge is 0.269 e. The van der Waals surface area contributed by atoms with Crippen LogP contribution in [0.4, 0.5) is 4.39 Å². The Kier molecular flexibility index (Phi) is 4.01. The lowest BCUT2D eigenvalue weighted by Crippen LogP contribution is -2.42. The van der Waals surface area contributed by atoms with Crippen LogP contribution in [0.2, 0.25) is 0 Å². The molecular formula is C16H13FN4O2. The first-order chi connectivity index (χ1) is 11.1. The van der Waals surface area contributed by atoms with Gasteiger partial charge >= 0.3 is 0 Å². The van der Waals surface area contributed by atoms with E-state index in [4.69, 9.17) is 0 Å². The lowest BCUT2D eigenvalue weighted by molar-refractivity contribution is -0.121. The molecule has 0 saturated carbocycles. The maximum atomic E-state index is 12.8. The average Bonchev–Trinajstić information content (AvgIpc) is 2.95. The van der Waals surface area contributed by atoms with Gasteiger partial charge in [-0.05, 0) is 36.4 Å². The number of fused-ring (bicyclic) bond motifs is 1. The van der Waals surface area contributed by atoms with Crippen molar-refractivity contribution in [1.82, 2.24) is 20.8 Å². The number of imidazole rings is 1. The summed E-state index contributed by atoms with van der Waals surface area (Å²) in [5.74, 6) is -0.877. The fourth-order valence-electron chi connectivity index (χ4n) is 2.09. The van der Waals surface area contributed by atoms with E-state index in [0.29, 0.717) is 5.82 Å². The zero-order chi connectivity index (χ0) is 16.2. The maximum Gasteiger partial charge on any atom is 0.269 e. The third kappa shape index (κ3) is 3.52. The minimum atomic E-state index is -0.525. The number of hydrogen-bond acceptors (Lipinski definition) is 3. The molecule has 6 nitrogen and oxygen atoms in total. The summed E-state index contributed by atoms with van der Waals surface area (Å²) in [5, 5.41) is 0. The second-order valence-corrected chi connectivity index (χ2v) is 4.89. The van der Waals surface area contributed by atoms with Gasteiger partial charge in [-0.25, -0.2) is 9.37 Å². The SMILES string of the molecule is O=C(Cc1nc2ccccc2[nH]1)NNC(=O)c1ccc(F)cc1. The molecule has 7 heteroatoms. The third-order valence-electron chi connectivity index (χ3n) is 3.19. The van der Waals surface area contributed by atoms with Crippen LogP contribution in [0, 0.1) is 5.82 Å². The highest BCUT2D eigenvalue weighted by molar-refractivity contribution is 5.95. The minimum Gasteiger partial charge on any atom is -0.342 e. The van der Waals surface area contributed by atoms with Gasteiger partial charge in [-0.3, -0.25) is 20.4 Å². The van der Waals surface area contributed by atoms with Crippen LogP contribution in [-0.4, -0.2) is 21.8 Å². The lowest BCUT2D eigenvalue weighted by atomic mass is 10.2. The first-order valence-corrected chi connectivity index (χ1v) is 6.90. The van der Waals surface area contributed by atoms with Crippen LogP contribution >= 0.6 is 0 Å². The molecule has 3 aromatic rings. The predicted molar refractivity (Wildman–Crippen MR) is 81.8 cm³/mol. The molecule has 0 radical (unpaired) electrons. The Labute approximate surface area is 130 Å². The van der Waals surface area contributed by atoms with E-state index in [2.05, 4.69) is 20.8 Å². The second-order valence-electron chi connectivity index (χ2n) is 4.89. The summed E-state index contributed by atoms with van der Waals surface area (Å²) in [7, 11) is 0. The molecule has 1 heterocycles. The van der Waals surface area contributed by atoms with Gasteiger partial charge in [-0.15, -0.1) is 0 Å². The average molecular weight is 312 g/mol. The molecule has 0 saturated heterocycles. The fourth-order valence-corrected chi connectivity index (χ4v) is 2.09. The van der Waals surface area contributed by atoms with Crippen molar-refractivity contribution in [3.8, 4) is 0 Å². The van der Waals surface area contributed by atoms with Gasteiger partial charge < -0.3 is 4.98 Å². The predicted octanol–water partition coefficient (Wildman–Crippen LogP) is 1.71. The van der Waals surface area contributed by atoms with Crippen molar-refractivity contribution in [3.63, 3.8) is 0 Å². The van der Waals surface area contributed by atoms with E-state index in [1.807, 2.05) is 24.3 Å². The molecule has 0 aliphatic rings. The number of nitrogens with one attached hydrogen (secondary N) is 3. The van der Waals surface area contributed by atoms with E-state index in [1.54, 1.807) is 0 Å². The number of hydrogen-bond donors (Lipinski definition) is 3. The minimum absolute atomic E-state index is 0.00161. The number of hydrazine groups is 1. The van der Waals surface area contributed by atoms with E-state index in [1.165, 1.54) is 24.3 Å². The summed E-state index contributed by atoms with van der Waals surface area (Å²) in [4.78, 5) is 30.9. The molecule has 116 valence electrons. The van der Waals surface area contributed by atoms with Crippen LogP contribution in [0.3, 0.4) is 0 Å². The van der Waals surface area contributed by atoms with E-state index in [-0.39, 0.29) is 12.0 Å². The van der Waals surface area contributed by atoms with Gasteiger partial charge in [0, 0.05) is 5.56 Å². The summed E-state index contributed by atoms with van der Waals surface area (Å²) in [6.45, 7) is 0. The topological polar surface area (TPSA) is 86.9 Å². The highest BCUT2D eigenvalue weighted by Crippen LogP contribution is 2.10. The number of benzene rings is 2. The summed E-state index contributed by atoms with van der Waals surface area (Å²) in [6.07, 6.45) is -0.00161. The zero-order valence-corrected chi connectivity index (χ0v) is 12.0. The van der Waals surface area contributed by atoms with Crippen LogP contribution < -0.4 is 10.9 Å². The van der Waals surface area contributed by atoms with Crippen LogP contribution in [-0.2, 0) is 11.2 Å².